The molecule has 0 aliphatic heterocycles. The Kier molecular flexibility index (Phi) is 4.39. The molecule has 14 heavy (non-hydrogen) atoms. The molecule has 0 aliphatic carbocycles. The molecule has 0 bridgehead atoms. The first kappa shape index (κ1) is 11.5. The SMILES string of the molecule is Cc1ccc(CNC(C)CN)c(Cl)c1. The van der Waals surface area contributed by atoms with Gasteiger partial charge in [-0.1, -0.05) is 23.7 Å². The van der Waals surface area contributed by atoms with Crippen LogP contribution in [-0.2, 0) is 6.54 Å². The van der Waals surface area contributed by atoms with Crippen LogP contribution in [0, 0.1) is 6.92 Å². The summed E-state index contributed by atoms with van der Waals surface area (Å²) in [5, 5.41) is 4.12. The molecule has 0 amide bonds. The molecule has 3 N–H and O–H groups in total. The van der Waals surface area contributed by atoms with Crippen LogP contribution in [0.15, 0.2) is 18.2 Å². The van der Waals surface area contributed by atoms with E-state index in [1.165, 1.54) is 5.56 Å². The maximum Gasteiger partial charge on any atom is 0.0453 e. The Balaban J connectivity index is 2.59. The van der Waals surface area contributed by atoms with Crippen molar-refractivity contribution in [1.29, 1.82) is 0 Å². The Morgan fingerprint density at radius 1 is 1.50 bits per heavy atom. The minimum atomic E-state index is 0.326. The van der Waals surface area contributed by atoms with Crippen molar-refractivity contribution >= 4 is 11.6 Å². The van der Waals surface area contributed by atoms with E-state index in [9.17, 15) is 0 Å². The minimum Gasteiger partial charge on any atom is -0.329 e. The largest absolute Gasteiger partial charge is 0.329 e. The first-order valence-corrected chi connectivity index (χ1v) is 5.19. The van der Waals surface area contributed by atoms with Crippen molar-refractivity contribution in [2.45, 2.75) is 26.4 Å². The zero-order valence-electron chi connectivity index (χ0n) is 8.68. The summed E-state index contributed by atoms with van der Waals surface area (Å²) in [7, 11) is 0. The van der Waals surface area contributed by atoms with Crippen LogP contribution < -0.4 is 11.1 Å². The predicted octanol–water partition coefficient (Wildman–Crippen LogP) is 2.09. The second-order valence-corrected chi connectivity index (χ2v) is 4.02. The molecule has 1 aromatic carbocycles. The molecule has 1 unspecified atom stereocenters. The summed E-state index contributed by atoms with van der Waals surface area (Å²) in [6, 6.07) is 6.42. The topological polar surface area (TPSA) is 38.0 Å². The van der Waals surface area contributed by atoms with E-state index < -0.39 is 0 Å². The molecule has 0 saturated heterocycles. The quantitative estimate of drug-likeness (QED) is 0.802. The van der Waals surface area contributed by atoms with Gasteiger partial charge in [-0.15, -0.1) is 0 Å². The van der Waals surface area contributed by atoms with Crippen molar-refractivity contribution in [2.75, 3.05) is 6.54 Å². The van der Waals surface area contributed by atoms with Gasteiger partial charge in [0.25, 0.3) is 0 Å². The molecular formula is C11H17ClN2. The molecule has 78 valence electrons. The van der Waals surface area contributed by atoms with Gasteiger partial charge in [0.05, 0.1) is 0 Å². The fourth-order valence-corrected chi connectivity index (χ4v) is 1.47. The van der Waals surface area contributed by atoms with Crippen LogP contribution in [-0.4, -0.2) is 12.6 Å². The van der Waals surface area contributed by atoms with E-state index in [4.69, 9.17) is 17.3 Å². The number of hydrogen-bond donors (Lipinski definition) is 2. The van der Waals surface area contributed by atoms with Crippen LogP contribution in [0.3, 0.4) is 0 Å². The van der Waals surface area contributed by atoms with Crippen molar-refractivity contribution < 1.29 is 0 Å². The number of benzene rings is 1. The third kappa shape index (κ3) is 3.29. The van der Waals surface area contributed by atoms with Crippen molar-refractivity contribution in [3.8, 4) is 0 Å². The number of halogens is 1. The summed E-state index contributed by atoms with van der Waals surface area (Å²) >= 11 is 6.08. The van der Waals surface area contributed by atoms with Gasteiger partial charge >= 0.3 is 0 Å². The van der Waals surface area contributed by atoms with Crippen molar-refractivity contribution in [3.63, 3.8) is 0 Å². The van der Waals surface area contributed by atoms with Crippen LogP contribution in [0.1, 0.15) is 18.1 Å². The molecule has 0 aromatic heterocycles. The van der Waals surface area contributed by atoms with Gasteiger partial charge in [-0.3, -0.25) is 0 Å². The Bertz CT molecular complexity index is 299. The predicted molar refractivity (Wildman–Crippen MR) is 61.5 cm³/mol. The molecule has 0 aliphatic rings. The summed E-state index contributed by atoms with van der Waals surface area (Å²) in [6.07, 6.45) is 0. The average Bonchev–Trinajstić information content (AvgIpc) is 2.16. The van der Waals surface area contributed by atoms with Crippen molar-refractivity contribution in [2.24, 2.45) is 5.73 Å². The summed E-state index contributed by atoms with van der Waals surface area (Å²) in [5.41, 5.74) is 7.81. The second-order valence-electron chi connectivity index (χ2n) is 3.61. The highest BCUT2D eigenvalue weighted by Crippen LogP contribution is 2.17. The molecule has 0 radical (unpaired) electrons. The number of rotatable bonds is 4. The van der Waals surface area contributed by atoms with Crippen LogP contribution in [0.5, 0.6) is 0 Å². The van der Waals surface area contributed by atoms with E-state index in [2.05, 4.69) is 18.3 Å². The smallest absolute Gasteiger partial charge is 0.0453 e. The molecular weight excluding hydrogens is 196 g/mol. The standard InChI is InChI=1S/C11H17ClN2/c1-8-3-4-10(11(12)5-8)7-14-9(2)6-13/h3-5,9,14H,6-7,13H2,1-2H3. The number of nitrogens with two attached hydrogens (primary N) is 1. The maximum absolute atomic E-state index is 6.08. The third-order valence-electron chi connectivity index (χ3n) is 2.20. The lowest BCUT2D eigenvalue weighted by atomic mass is 10.1. The van der Waals surface area contributed by atoms with Gasteiger partial charge in [-0.25, -0.2) is 0 Å². The molecule has 1 atom stereocenters. The highest BCUT2D eigenvalue weighted by Gasteiger charge is 2.02. The fourth-order valence-electron chi connectivity index (χ4n) is 1.16. The van der Waals surface area contributed by atoms with Gasteiger partial charge in [0.1, 0.15) is 0 Å². The lowest BCUT2D eigenvalue weighted by molar-refractivity contribution is 0.556. The molecule has 0 saturated carbocycles. The first-order valence-electron chi connectivity index (χ1n) is 4.82. The molecule has 2 nitrogen and oxygen atoms in total. The maximum atomic E-state index is 6.08. The molecule has 3 heteroatoms. The van der Waals surface area contributed by atoms with E-state index in [1.54, 1.807) is 0 Å². The molecule has 0 heterocycles. The lowest BCUT2D eigenvalue weighted by Crippen LogP contribution is -2.32. The Labute approximate surface area is 90.4 Å². The Morgan fingerprint density at radius 2 is 2.21 bits per heavy atom. The molecule has 1 aromatic rings. The van der Waals surface area contributed by atoms with Gasteiger partial charge in [0, 0.05) is 24.2 Å². The first-order chi connectivity index (χ1) is 6.63. The Hall–Kier alpha value is -0.570. The highest BCUT2D eigenvalue weighted by atomic mass is 35.5. The lowest BCUT2D eigenvalue weighted by Gasteiger charge is -2.12. The van der Waals surface area contributed by atoms with Crippen molar-refractivity contribution in [3.05, 3.63) is 34.3 Å². The van der Waals surface area contributed by atoms with Crippen LogP contribution >= 0.6 is 11.6 Å². The highest BCUT2D eigenvalue weighted by molar-refractivity contribution is 6.31. The monoisotopic (exact) mass is 212 g/mol. The fraction of sp³-hybridized carbons (Fsp3) is 0.455. The van der Waals surface area contributed by atoms with Crippen LogP contribution in [0.4, 0.5) is 0 Å². The van der Waals surface area contributed by atoms with Crippen LogP contribution in [0.2, 0.25) is 5.02 Å². The van der Waals surface area contributed by atoms with Gasteiger partial charge in [0.2, 0.25) is 0 Å². The minimum absolute atomic E-state index is 0.326. The average molecular weight is 213 g/mol. The van der Waals surface area contributed by atoms with E-state index in [-0.39, 0.29) is 0 Å². The number of hydrogen-bond acceptors (Lipinski definition) is 2. The van der Waals surface area contributed by atoms with E-state index in [0.29, 0.717) is 12.6 Å². The van der Waals surface area contributed by atoms with Gasteiger partial charge in [-0.2, -0.15) is 0 Å². The van der Waals surface area contributed by atoms with Gasteiger partial charge in [0.15, 0.2) is 0 Å². The third-order valence-corrected chi connectivity index (χ3v) is 2.55. The molecule has 0 fully saturated rings. The number of aryl methyl sites for hydroxylation is 1. The van der Waals surface area contributed by atoms with E-state index >= 15 is 0 Å². The zero-order chi connectivity index (χ0) is 10.6. The van der Waals surface area contributed by atoms with Crippen LogP contribution in [0.25, 0.3) is 0 Å². The normalized spacial score (nSPS) is 12.9. The summed E-state index contributed by atoms with van der Waals surface area (Å²) < 4.78 is 0. The van der Waals surface area contributed by atoms with E-state index in [0.717, 1.165) is 17.1 Å². The zero-order valence-corrected chi connectivity index (χ0v) is 9.43. The second kappa shape index (κ2) is 5.35. The summed E-state index contributed by atoms with van der Waals surface area (Å²) in [6.45, 7) is 5.51. The van der Waals surface area contributed by atoms with E-state index in [1.807, 2.05) is 19.1 Å². The summed E-state index contributed by atoms with van der Waals surface area (Å²) in [5.74, 6) is 0. The molecule has 1 rings (SSSR count). The Morgan fingerprint density at radius 3 is 2.79 bits per heavy atom. The number of nitrogens with one attached hydrogen (secondary N) is 1. The molecule has 0 spiro atoms. The van der Waals surface area contributed by atoms with Gasteiger partial charge in [-0.05, 0) is 31.0 Å². The van der Waals surface area contributed by atoms with Crippen molar-refractivity contribution in [1.82, 2.24) is 5.32 Å². The van der Waals surface area contributed by atoms with Gasteiger partial charge < -0.3 is 11.1 Å². The summed E-state index contributed by atoms with van der Waals surface area (Å²) in [4.78, 5) is 0.